The summed E-state index contributed by atoms with van der Waals surface area (Å²) in [7, 11) is 0. The molecule has 0 radical (unpaired) electrons. The van der Waals surface area contributed by atoms with Gasteiger partial charge in [-0.1, -0.05) is 6.08 Å². The molecule has 0 saturated carbocycles. The molecule has 1 rings (SSSR count). The van der Waals surface area contributed by atoms with Crippen LogP contribution in [0.15, 0.2) is 30.6 Å². The van der Waals surface area contributed by atoms with Gasteiger partial charge in [-0.15, -0.1) is 0 Å². The summed E-state index contributed by atoms with van der Waals surface area (Å²) in [5.74, 6) is 0. The van der Waals surface area contributed by atoms with Crippen LogP contribution in [-0.2, 0) is 6.42 Å². The van der Waals surface area contributed by atoms with Gasteiger partial charge >= 0.3 is 0 Å². The minimum atomic E-state index is 0.892. The first-order valence-electron chi connectivity index (χ1n) is 2.92. The molecular formula is C7H10N2. The fourth-order valence-corrected chi connectivity index (χ4v) is 0.690. The number of nitrogens with two attached hydrogens (primary N) is 1. The third-order valence-electron chi connectivity index (χ3n) is 1.14. The largest absolute Gasteiger partial charge is 0.405 e. The van der Waals surface area contributed by atoms with Crippen LogP contribution in [0, 0.1) is 0 Å². The normalized spacial score (nSPS) is 10.7. The molecule has 1 aromatic rings. The van der Waals surface area contributed by atoms with E-state index in [1.54, 1.807) is 6.20 Å². The zero-order valence-electron chi connectivity index (χ0n) is 5.17. The van der Waals surface area contributed by atoms with Crippen LogP contribution >= 0.6 is 0 Å². The zero-order valence-corrected chi connectivity index (χ0v) is 5.17. The molecule has 0 bridgehead atoms. The van der Waals surface area contributed by atoms with Crippen molar-refractivity contribution in [2.24, 2.45) is 5.73 Å². The summed E-state index contributed by atoms with van der Waals surface area (Å²) < 4.78 is 0. The predicted molar refractivity (Wildman–Crippen MR) is 37.8 cm³/mol. The molecule has 1 aromatic heterocycles. The van der Waals surface area contributed by atoms with Gasteiger partial charge in [0.2, 0.25) is 0 Å². The molecule has 0 aromatic carbocycles. The monoisotopic (exact) mass is 122 g/mol. The maximum atomic E-state index is 5.15. The number of H-pyrrole nitrogens is 1. The van der Waals surface area contributed by atoms with E-state index in [-0.39, 0.29) is 0 Å². The van der Waals surface area contributed by atoms with Crippen molar-refractivity contribution in [3.63, 3.8) is 0 Å². The number of rotatable bonds is 2. The predicted octanol–water partition coefficient (Wildman–Crippen LogP) is 1.03. The van der Waals surface area contributed by atoms with E-state index in [0.717, 1.165) is 6.42 Å². The molecule has 2 heteroatoms. The van der Waals surface area contributed by atoms with Gasteiger partial charge in [-0.3, -0.25) is 0 Å². The fraction of sp³-hybridized carbons (Fsp3) is 0.143. The Morgan fingerprint density at radius 1 is 1.67 bits per heavy atom. The molecule has 0 aliphatic rings. The summed E-state index contributed by atoms with van der Waals surface area (Å²) in [6, 6.07) is 4.00. The van der Waals surface area contributed by atoms with Crippen molar-refractivity contribution < 1.29 is 0 Å². The van der Waals surface area contributed by atoms with Crippen LogP contribution in [0.1, 0.15) is 5.69 Å². The molecule has 3 N–H and O–H groups in total. The Balaban J connectivity index is 2.48. The Kier molecular flexibility index (Phi) is 1.96. The molecule has 0 aliphatic carbocycles. The molecule has 0 atom stereocenters. The van der Waals surface area contributed by atoms with E-state index >= 15 is 0 Å². The maximum Gasteiger partial charge on any atom is 0.0186 e. The molecular weight excluding hydrogens is 112 g/mol. The van der Waals surface area contributed by atoms with Crippen molar-refractivity contribution in [2.45, 2.75) is 6.42 Å². The summed E-state index contributed by atoms with van der Waals surface area (Å²) in [4.78, 5) is 3.07. The second-order valence-corrected chi connectivity index (χ2v) is 1.83. The Morgan fingerprint density at radius 3 is 3.11 bits per heavy atom. The van der Waals surface area contributed by atoms with Gasteiger partial charge in [-0.05, 0) is 18.3 Å². The van der Waals surface area contributed by atoms with Gasteiger partial charge in [0.25, 0.3) is 0 Å². The lowest BCUT2D eigenvalue weighted by atomic mass is 10.3. The van der Waals surface area contributed by atoms with Gasteiger partial charge in [0.15, 0.2) is 0 Å². The van der Waals surface area contributed by atoms with Crippen LogP contribution in [0.25, 0.3) is 0 Å². The highest BCUT2D eigenvalue weighted by Crippen LogP contribution is 1.94. The van der Waals surface area contributed by atoms with E-state index in [1.807, 2.05) is 24.4 Å². The average molecular weight is 122 g/mol. The number of hydrogen-bond donors (Lipinski definition) is 2. The molecule has 48 valence electrons. The molecule has 0 amide bonds. The van der Waals surface area contributed by atoms with E-state index in [4.69, 9.17) is 5.73 Å². The van der Waals surface area contributed by atoms with E-state index in [0.29, 0.717) is 0 Å². The standard InChI is InChI=1S/C7H10N2/c8-5-1-3-7-4-2-6-9-7/h1-2,4-6,9H,3,8H2. The van der Waals surface area contributed by atoms with Crippen molar-refractivity contribution in [3.05, 3.63) is 36.3 Å². The van der Waals surface area contributed by atoms with Crippen molar-refractivity contribution in [3.8, 4) is 0 Å². The number of aromatic amines is 1. The topological polar surface area (TPSA) is 41.8 Å². The van der Waals surface area contributed by atoms with Gasteiger partial charge in [0.1, 0.15) is 0 Å². The van der Waals surface area contributed by atoms with E-state index in [1.165, 1.54) is 5.69 Å². The van der Waals surface area contributed by atoms with E-state index in [9.17, 15) is 0 Å². The summed E-state index contributed by atoms with van der Waals surface area (Å²) in [5, 5.41) is 0. The summed E-state index contributed by atoms with van der Waals surface area (Å²) >= 11 is 0. The van der Waals surface area contributed by atoms with Crippen LogP contribution in [0.3, 0.4) is 0 Å². The molecule has 0 spiro atoms. The number of allylic oxidation sites excluding steroid dienone is 1. The molecule has 0 fully saturated rings. The van der Waals surface area contributed by atoms with Crippen LogP contribution in [0.2, 0.25) is 0 Å². The second-order valence-electron chi connectivity index (χ2n) is 1.83. The lowest BCUT2D eigenvalue weighted by molar-refractivity contribution is 1.15. The summed E-state index contributed by atoms with van der Waals surface area (Å²) in [6.07, 6.45) is 6.26. The van der Waals surface area contributed by atoms with Crippen molar-refractivity contribution in [1.82, 2.24) is 4.98 Å². The maximum absolute atomic E-state index is 5.15. The highest BCUT2D eigenvalue weighted by molar-refractivity contribution is 5.07. The zero-order chi connectivity index (χ0) is 6.53. The number of hydrogen-bond acceptors (Lipinski definition) is 1. The van der Waals surface area contributed by atoms with Crippen LogP contribution < -0.4 is 5.73 Å². The molecule has 0 aliphatic heterocycles. The van der Waals surface area contributed by atoms with Crippen LogP contribution in [-0.4, -0.2) is 4.98 Å². The van der Waals surface area contributed by atoms with Gasteiger partial charge in [0, 0.05) is 18.3 Å². The Bertz CT molecular complexity index is 175. The molecule has 1 heterocycles. The van der Waals surface area contributed by atoms with Crippen molar-refractivity contribution in [2.75, 3.05) is 0 Å². The molecule has 0 saturated heterocycles. The quantitative estimate of drug-likeness (QED) is 0.604. The third kappa shape index (κ3) is 1.64. The first-order valence-corrected chi connectivity index (χ1v) is 2.92. The Labute approximate surface area is 54.4 Å². The van der Waals surface area contributed by atoms with E-state index in [2.05, 4.69) is 4.98 Å². The lowest BCUT2D eigenvalue weighted by Crippen LogP contribution is -1.81. The number of nitrogens with one attached hydrogen (secondary N) is 1. The minimum Gasteiger partial charge on any atom is -0.405 e. The molecule has 9 heavy (non-hydrogen) atoms. The van der Waals surface area contributed by atoms with Gasteiger partial charge in [-0.25, -0.2) is 0 Å². The average Bonchev–Trinajstić information content (AvgIpc) is 2.34. The molecule has 0 unspecified atom stereocenters. The Hall–Kier alpha value is -1.18. The SMILES string of the molecule is NC=CCc1ccc[nH]1. The second kappa shape index (κ2) is 2.97. The smallest absolute Gasteiger partial charge is 0.0186 e. The Morgan fingerprint density at radius 2 is 2.56 bits per heavy atom. The van der Waals surface area contributed by atoms with Crippen molar-refractivity contribution in [1.29, 1.82) is 0 Å². The van der Waals surface area contributed by atoms with E-state index < -0.39 is 0 Å². The third-order valence-corrected chi connectivity index (χ3v) is 1.14. The van der Waals surface area contributed by atoms with Crippen LogP contribution in [0.4, 0.5) is 0 Å². The van der Waals surface area contributed by atoms with Crippen molar-refractivity contribution >= 4 is 0 Å². The van der Waals surface area contributed by atoms with Gasteiger partial charge < -0.3 is 10.7 Å². The summed E-state index contributed by atoms with van der Waals surface area (Å²) in [6.45, 7) is 0. The number of aromatic nitrogens is 1. The minimum absolute atomic E-state index is 0.892. The first-order chi connectivity index (χ1) is 4.43. The first kappa shape index (κ1) is 5.95. The van der Waals surface area contributed by atoms with Gasteiger partial charge in [-0.2, -0.15) is 0 Å². The van der Waals surface area contributed by atoms with Crippen LogP contribution in [0.5, 0.6) is 0 Å². The van der Waals surface area contributed by atoms with Gasteiger partial charge in [0.05, 0.1) is 0 Å². The highest BCUT2D eigenvalue weighted by Gasteiger charge is 1.84. The molecule has 2 nitrogen and oxygen atoms in total. The lowest BCUT2D eigenvalue weighted by Gasteiger charge is -1.85. The summed E-state index contributed by atoms with van der Waals surface area (Å²) in [5.41, 5.74) is 6.34. The highest BCUT2D eigenvalue weighted by atomic mass is 14.7. The fourth-order valence-electron chi connectivity index (χ4n) is 0.690.